The van der Waals surface area contributed by atoms with Crippen molar-refractivity contribution < 1.29 is 9.90 Å². The highest BCUT2D eigenvalue weighted by atomic mass is 79.9. The number of nitrogens with one attached hydrogen (secondary N) is 1. The summed E-state index contributed by atoms with van der Waals surface area (Å²) in [4.78, 5) is 17.6. The summed E-state index contributed by atoms with van der Waals surface area (Å²) in [6.45, 7) is 0. The van der Waals surface area contributed by atoms with Crippen molar-refractivity contribution in [2.45, 2.75) is 0 Å². The molecule has 0 aliphatic heterocycles. The third-order valence-corrected chi connectivity index (χ3v) is 5.28. The number of hydrazone groups is 1. The van der Waals surface area contributed by atoms with Crippen LogP contribution in [0.15, 0.2) is 82.4 Å². The van der Waals surface area contributed by atoms with Gasteiger partial charge in [0.15, 0.2) is 0 Å². The molecular formula is C23H15BrClN3O2. The van der Waals surface area contributed by atoms with E-state index in [1.807, 2.05) is 54.6 Å². The van der Waals surface area contributed by atoms with Gasteiger partial charge in [0.1, 0.15) is 5.75 Å². The summed E-state index contributed by atoms with van der Waals surface area (Å²) >= 11 is 9.22. The first-order valence-electron chi connectivity index (χ1n) is 8.99. The Balaban J connectivity index is 1.68. The molecule has 0 unspecified atom stereocenters. The van der Waals surface area contributed by atoms with Gasteiger partial charge >= 0.3 is 0 Å². The lowest BCUT2D eigenvalue weighted by atomic mass is 10.0. The molecule has 0 bridgehead atoms. The number of rotatable bonds is 4. The minimum Gasteiger partial charge on any atom is -0.506 e. The number of aromatic hydroxyl groups is 1. The molecule has 0 aliphatic rings. The normalized spacial score (nSPS) is 11.1. The van der Waals surface area contributed by atoms with Crippen LogP contribution in [0.5, 0.6) is 5.75 Å². The number of aromatic nitrogens is 1. The summed E-state index contributed by atoms with van der Waals surface area (Å²) in [5.41, 5.74) is 5.66. The number of hydrogen-bond acceptors (Lipinski definition) is 4. The molecule has 1 amide bonds. The van der Waals surface area contributed by atoms with E-state index in [2.05, 4.69) is 31.4 Å². The molecule has 4 rings (SSSR count). The van der Waals surface area contributed by atoms with Gasteiger partial charge in [0, 0.05) is 21.5 Å². The lowest BCUT2D eigenvalue weighted by Gasteiger charge is -2.09. The zero-order chi connectivity index (χ0) is 21.1. The topological polar surface area (TPSA) is 74.6 Å². The van der Waals surface area contributed by atoms with Crippen molar-refractivity contribution in [3.05, 3.63) is 93.4 Å². The fraction of sp³-hybridized carbons (Fsp3) is 0. The molecule has 4 aromatic rings. The van der Waals surface area contributed by atoms with E-state index in [0.29, 0.717) is 31.8 Å². The van der Waals surface area contributed by atoms with Crippen LogP contribution in [0, 0.1) is 0 Å². The van der Waals surface area contributed by atoms with Gasteiger partial charge in [-0.05, 0) is 40.2 Å². The van der Waals surface area contributed by atoms with Crippen LogP contribution in [-0.2, 0) is 0 Å². The molecule has 7 heteroatoms. The van der Waals surface area contributed by atoms with Crippen molar-refractivity contribution in [3.8, 4) is 17.0 Å². The van der Waals surface area contributed by atoms with E-state index in [1.165, 1.54) is 6.21 Å². The van der Waals surface area contributed by atoms with Gasteiger partial charge in [0.2, 0.25) is 0 Å². The first-order chi connectivity index (χ1) is 14.5. The fourth-order valence-electron chi connectivity index (χ4n) is 3.03. The summed E-state index contributed by atoms with van der Waals surface area (Å²) in [6.07, 6.45) is 1.34. The number of para-hydroxylation sites is 1. The van der Waals surface area contributed by atoms with Crippen molar-refractivity contribution in [2.24, 2.45) is 5.10 Å². The number of nitrogens with zero attached hydrogens (tertiary/aromatic N) is 2. The van der Waals surface area contributed by atoms with Gasteiger partial charge in [0.25, 0.3) is 5.91 Å². The predicted octanol–water partition coefficient (Wildman–Crippen LogP) is 5.79. The SMILES string of the molecule is O=C(N/N=C/c1cc(Cl)cc(Br)c1O)c1cc(-c2ccccc2)nc2ccccc12. The van der Waals surface area contributed by atoms with Crippen LogP contribution >= 0.6 is 27.5 Å². The lowest BCUT2D eigenvalue weighted by molar-refractivity contribution is 0.0956. The number of carbonyl (C=O) groups is 1. The average Bonchev–Trinajstić information content (AvgIpc) is 2.76. The smallest absolute Gasteiger partial charge is 0.272 e. The lowest BCUT2D eigenvalue weighted by Crippen LogP contribution is -2.18. The van der Waals surface area contributed by atoms with Crippen molar-refractivity contribution in [1.82, 2.24) is 10.4 Å². The first kappa shape index (κ1) is 20.1. The molecule has 0 atom stereocenters. The van der Waals surface area contributed by atoms with E-state index in [-0.39, 0.29) is 11.7 Å². The first-order valence-corrected chi connectivity index (χ1v) is 10.2. The molecule has 0 radical (unpaired) electrons. The maximum Gasteiger partial charge on any atom is 0.272 e. The Morgan fingerprint density at radius 1 is 1.07 bits per heavy atom. The fourth-order valence-corrected chi connectivity index (χ4v) is 3.86. The number of fused-ring (bicyclic) bond motifs is 1. The third kappa shape index (κ3) is 4.20. The Kier molecular flexibility index (Phi) is 5.79. The highest BCUT2D eigenvalue weighted by Crippen LogP contribution is 2.30. The van der Waals surface area contributed by atoms with Gasteiger partial charge < -0.3 is 5.11 Å². The largest absolute Gasteiger partial charge is 0.506 e. The standard InChI is InChI=1S/C23H15BrClN3O2/c24-19-11-16(25)10-15(22(19)29)13-26-28-23(30)18-12-21(14-6-2-1-3-7-14)27-20-9-5-4-8-17(18)20/h1-13,29H,(H,28,30)/b26-13+. The molecule has 148 valence electrons. The maximum absolute atomic E-state index is 12.9. The second-order valence-electron chi connectivity index (χ2n) is 6.46. The molecule has 1 aromatic heterocycles. The second-order valence-corrected chi connectivity index (χ2v) is 7.75. The number of benzene rings is 3. The monoisotopic (exact) mass is 479 g/mol. The van der Waals surface area contributed by atoms with Gasteiger partial charge in [-0.1, -0.05) is 60.1 Å². The zero-order valence-corrected chi connectivity index (χ0v) is 17.9. The number of carbonyl (C=O) groups excluding carboxylic acids is 1. The summed E-state index contributed by atoms with van der Waals surface area (Å²) in [5, 5.41) is 15.2. The van der Waals surface area contributed by atoms with Crippen LogP contribution in [0.4, 0.5) is 0 Å². The number of halogens is 2. The van der Waals surface area contributed by atoms with Gasteiger partial charge in [-0.15, -0.1) is 0 Å². The molecule has 0 aliphatic carbocycles. The van der Waals surface area contributed by atoms with Crippen LogP contribution in [0.1, 0.15) is 15.9 Å². The van der Waals surface area contributed by atoms with Crippen molar-refractivity contribution >= 4 is 50.6 Å². The summed E-state index contributed by atoms with van der Waals surface area (Å²) in [5.74, 6) is -0.402. The number of phenolic OH excluding ortho intramolecular Hbond substituents is 1. The predicted molar refractivity (Wildman–Crippen MR) is 123 cm³/mol. The number of amides is 1. The maximum atomic E-state index is 12.9. The van der Waals surface area contributed by atoms with E-state index in [1.54, 1.807) is 18.2 Å². The van der Waals surface area contributed by atoms with Crippen LogP contribution in [-0.4, -0.2) is 22.2 Å². The third-order valence-electron chi connectivity index (χ3n) is 4.46. The quantitative estimate of drug-likeness (QED) is 0.287. The molecule has 0 spiro atoms. The van der Waals surface area contributed by atoms with Crippen molar-refractivity contribution in [2.75, 3.05) is 0 Å². The van der Waals surface area contributed by atoms with Crippen LogP contribution in [0.3, 0.4) is 0 Å². The molecule has 2 N–H and O–H groups in total. The van der Waals surface area contributed by atoms with E-state index in [9.17, 15) is 9.90 Å². The molecule has 5 nitrogen and oxygen atoms in total. The highest BCUT2D eigenvalue weighted by Gasteiger charge is 2.13. The Bertz CT molecular complexity index is 1280. The summed E-state index contributed by atoms with van der Waals surface area (Å²) in [6, 6.07) is 22.0. The molecule has 0 saturated heterocycles. The zero-order valence-electron chi connectivity index (χ0n) is 15.5. The summed E-state index contributed by atoms with van der Waals surface area (Å²) < 4.78 is 0.440. The van der Waals surface area contributed by atoms with Gasteiger partial charge in [-0.25, -0.2) is 10.4 Å². The number of pyridine rings is 1. The van der Waals surface area contributed by atoms with Gasteiger partial charge in [0.05, 0.1) is 27.5 Å². The van der Waals surface area contributed by atoms with Crippen LogP contribution < -0.4 is 5.43 Å². The van der Waals surface area contributed by atoms with Gasteiger partial charge in [-0.2, -0.15) is 5.10 Å². The second kappa shape index (κ2) is 8.65. The molecular weight excluding hydrogens is 466 g/mol. The highest BCUT2D eigenvalue weighted by molar-refractivity contribution is 9.10. The summed E-state index contributed by atoms with van der Waals surface area (Å²) in [7, 11) is 0. The molecule has 0 fully saturated rings. The van der Waals surface area contributed by atoms with Crippen molar-refractivity contribution in [3.63, 3.8) is 0 Å². The Hall–Kier alpha value is -3.22. The van der Waals surface area contributed by atoms with Crippen molar-refractivity contribution in [1.29, 1.82) is 0 Å². The molecule has 1 heterocycles. The van der Waals surface area contributed by atoms with E-state index in [4.69, 9.17) is 11.6 Å². The average molecular weight is 481 g/mol. The van der Waals surface area contributed by atoms with Gasteiger partial charge in [-0.3, -0.25) is 4.79 Å². The minimum atomic E-state index is -0.386. The Morgan fingerprint density at radius 3 is 2.60 bits per heavy atom. The minimum absolute atomic E-state index is 0.0156. The van der Waals surface area contributed by atoms with E-state index in [0.717, 1.165) is 10.9 Å². The Morgan fingerprint density at radius 2 is 1.80 bits per heavy atom. The van der Waals surface area contributed by atoms with E-state index < -0.39 is 0 Å². The molecule has 3 aromatic carbocycles. The number of hydrogen-bond donors (Lipinski definition) is 2. The molecule has 30 heavy (non-hydrogen) atoms. The Labute approximate surface area is 186 Å². The van der Waals surface area contributed by atoms with Crippen LogP contribution in [0.25, 0.3) is 22.2 Å². The van der Waals surface area contributed by atoms with E-state index >= 15 is 0 Å². The van der Waals surface area contributed by atoms with Crippen LogP contribution in [0.2, 0.25) is 5.02 Å². The number of phenols is 1. The molecule has 0 saturated carbocycles.